The smallest absolute Gasteiger partial charge is 0.335 e. The summed E-state index contributed by atoms with van der Waals surface area (Å²) in [4.78, 5) is 29.0. The Labute approximate surface area is 122 Å². The van der Waals surface area contributed by atoms with E-state index in [2.05, 4.69) is 9.97 Å². The van der Waals surface area contributed by atoms with E-state index < -0.39 is 16.6 Å². The summed E-state index contributed by atoms with van der Waals surface area (Å²) in [5, 5.41) is 29.1. The first kappa shape index (κ1) is 14.4. The minimum absolute atomic E-state index is 0.00610. The van der Waals surface area contributed by atoms with E-state index in [1.54, 1.807) is 6.07 Å². The Bertz CT molecular complexity index is 772. The molecular formula is C12H6N4O4S. The second-order valence-corrected chi connectivity index (χ2v) is 4.68. The number of hydrogen-bond donors (Lipinski definition) is 1. The zero-order valence-electron chi connectivity index (χ0n) is 10.3. The monoisotopic (exact) mass is 302 g/mol. The molecule has 2 aromatic rings. The van der Waals surface area contributed by atoms with Gasteiger partial charge >= 0.3 is 11.7 Å². The Morgan fingerprint density at radius 3 is 2.71 bits per heavy atom. The van der Waals surface area contributed by atoms with Crippen LogP contribution < -0.4 is 0 Å². The molecule has 0 unspecified atom stereocenters. The molecule has 0 fully saturated rings. The van der Waals surface area contributed by atoms with E-state index in [0.717, 1.165) is 11.8 Å². The lowest BCUT2D eigenvalue weighted by molar-refractivity contribution is -0.388. The molecule has 2 aromatic heterocycles. The van der Waals surface area contributed by atoms with E-state index in [1.165, 1.54) is 30.6 Å². The summed E-state index contributed by atoms with van der Waals surface area (Å²) in [6.45, 7) is 0. The number of nitrogens with zero attached hydrogens (tertiary/aromatic N) is 4. The number of aromatic nitrogens is 2. The van der Waals surface area contributed by atoms with Gasteiger partial charge in [-0.15, -0.1) is 0 Å². The van der Waals surface area contributed by atoms with Crippen LogP contribution in [0.25, 0.3) is 0 Å². The highest BCUT2D eigenvalue weighted by atomic mass is 32.2. The number of carbonyl (C=O) groups is 1. The Balaban J connectivity index is 2.45. The van der Waals surface area contributed by atoms with Gasteiger partial charge in [0, 0.05) is 12.4 Å². The van der Waals surface area contributed by atoms with Crippen LogP contribution in [0.15, 0.2) is 40.6 Å². The second-order valence-electron chi connectivity index (χ2n) is 3.67. The maximum absolute atomic E-state index is 11.1. The van der Waals surface area contributed by atoms with E-state index in [0.29, 0.717) is 0 Å². The van der Waals surface area contributed by atoms with Crippen LogP contribution in [0.5, 0.6) is 0 Å². The fraction of sp³-hybridized carbons (Fsp3) is 0. The van der Waals surface area contributed by atoms with Crippen molar-refractivity contribution < 1.29 is 14.8 Å². The standard InChI is InChI=1S/C12H6N4O4S/c13-6-8-2-4-15-11(10(8)16(19)20)21-9-5-7(12(17)18)1-3-14-9/h1-5H,(H,17,18). The molecule has 1 N–H and O–H groups in total. The summed E-state index contributed by atoms with van der Waals surface area (Å²) in [6, 6.07) is 5.54. The first-order valence-corrected chi connectivity index (χ1v) is 6.25. The first-order valence-electron chi connectivity index (χ1n) is 5.43. The number of aromatic carboxylic acids is 1. The molecule has 0 saturated carbocycles. The highest BCUT2D eigenvalue weighted by Crippen LogP contribution is 2.34. The van der Waals surface area contributed by atoms with Crippen molar-refractivity contribution in [2.45, 2.75) is 10.1 Å². The third-order valence-corrected chi connectivity index (χ3v) is 3.30. The van der Waals surface area contributed by atoms with Crippen LogP contribution in [0.2, 0.25) is 0 Å². The fourth-order valence-electron chi connectivity index (χ4n) is 1.47. The molecule has 0 bridgehead atoms. The van der Waals surface area contributed by atoms with E-state index >= 15 is 0 Å². The number of carboxylic acids is 1. The fourth-order valence-corrected chi connectivity index (χ4v) is 2.37. The molecule has 0 spiro atoms. The lowest BCUT2D eigenvalue weighted by Crippen LogP contribution is -1.99. The normalized spacial score (nSPS) is 9.86. The van der Waals surface area contributed by atoms with Gasteiger partial charge in [0.15, 0.2) is 5.03 Å². The molecule has 0 aliphatic rings. The van der Waals surface area contributed by atoms with E-state index in [1.807, 2.05) is 0 Å². The summed E-state index contributed by atoms with van der Waals surface area (Å²) in [5.74, 6) is -1.13. The van der Waals surface area contributed by atoms with Crippen LogP contribution in [0.1, 0.15) is 15.9 Å². The summed E-state index contributed by atoms with van der Waals surface area (Å²) in [5.41, 5.74) is -0.536. The Kier molecular flexibility index (Phi) is 4.10. The molecule has 21 heavy (non-hydrogen) atoms. The van der Waals surface area contributed by atoms with E-state index in [-0.39, 0.29) is 21.2 Å². The van der Waals surface area contributed by atoms with Gasteiger partial charge in [-0.1, -0.05) is 0 Å². The molecule has 2 heterocycles. The average Bonchev–Trinajstić information content (AvgIpc) is 2.46. The third kappa shape index (κ3) is 3.13. The molecule has 2 rings (SSSR count). The maximum Gasteiger partial charge on any atom is 0.335 e. The van der Waals surface area contributed by atoms with Crippen LogP contribution in [0, 0.1) is 21.4 Å². The molecule has 0 saturated heterocycles. The van der Waals surface area contributed by atoms with Crippen molar-refractivity contribution in [3.63, 3.8) is 0 Å². The highest BCUT2D eigenvalue weighted by Gasteiger charge is 2.22. The lowest BCUT2D eigenvalue weighted by atomic mass is 10.2. The van der Waals surface area contributed by atoms with Gasteiger partial charge in [0.25, 0.3) is 0 Å². The van der Waals surface area contributed by atoms with Gasteiger partial charge in [-0.05, 0) is 30.0 Å². The first-order chi connectivity index (χ1) is 10.0. The van der Waals surface area contributed by atoms with Crippen molar-refractivity contribution in [3.05, 3.63) is 51.8 Å². The minimum atomic E-state index is -1.13. The predicted octanol–water partition coefficient (Wildman–Crippen LogP) is 2.11. The van der Waals surface area contributed by atoms with Gasteiger partial charge in [0.2, 0.25) is 0 Å². The Morgan fingerprint density at radius 2 is 2.10 bits per heavy atom. The summed E-state index contributed by atoms with van der Waals surface area (Å²) in [6.07, 6.45) is 2.56. The van der Waals surface area contributed by atoms with Crippen LogP contribution in [-0.2, 0) is 0 Å². The number of hydrogen-bond acceptors (Lipinski definition) is 7. The second kappa shape index (κ2) is 5.98. The van der Waals surface area contributed by atoms with Crippen molar-refractivity contribution >= 4 is 23.4 Å². The van der Waals surface area contributed by atoms with Gasteiger partial charge < -0.3 is 5.11 Å². The minimum Gasteiger partial charge on any atom is -0.478 e. The molecular weight excluding hydrogens is 296 g/mol. The molecule has 8 nitrogen and oxygen atoms in total. The molecule has 104 valence electrons. The van der Waals surface area contributed by atoms with Crippen LogP contribution >= 0.6 is 11.8 Å². The zero-order valence-corrected chi connectivity index (χ0v) is 11.1. The van der Waals surface area contributed by atoms with Crippen molar-refractivity contribution in [2.75, 3.05) is 0 Å². The topological polar surface area (TPSA) is 130 Å². The Hall–Kier alpha value is -2.99. The molecule has 0 atom stereocenters. The molecule has 0 amide bonds. The van der Waals surface area contributed by atoms with E-state index in [9.17, 15) is 14.9 Å². The average molecular weight is 302 g/mol. The number of nitro groups is 1. The number of nitriles is 1. The molecule has 0 radical (unpaired) electrons. The van der Waals surface area contributed by atoms with Crippen LogP contribution in [0.4, 0.5) is 5.69 Å². The molecule has 0 aliphatic heterocycles. The zero-order chi connectivity index (χ0) is 15.4. The molecule has 0 aromatic carbocycles. The van der Waals surface area contributed by atoms with Crippen LogP contribution in [-0.4, -0.2) is 26.0 Å². The quantitative estimate of drug-likeness (QED) is 0.671. The summed E-state index contributed by atoms with van der Waals surface area (Å²) in [7, 11) is 0. The van der Waals surface area contributed by atoms with Crippen molar-refractivity contribution in [2.24, 2.45) is 0 Å². The summed E-state index contributed by atoms with van der Waals surface area (Å²) >= 11 is 0.825. The third-order valence-electron chi connectivity index (χ3n) is 2.38. The van der Waals surface area contributed by atoms with Crippen molar-refractivity contribution in [3.8, 4) is 6.07 Å². The predicted molar refractivity (Wildman–Crippen MR) is 70.9 cm³/mol. The van der Waals surface area contributed by atoms with Crippen molar-refractivity contribution in [1.82, 2.24) is 9.97 Å². The SMILES string of the molecule is N#Cc1ccnc(Sc2cc(C(=O)O)ccn2)c1[N+](=O)[O-]. The number of carboxylic acid groups (broad SMARTS) is 1. The van der Waals surface area contributed by atoms with Gasteiger partial charge in [0.05, 0.1) is 10.5 Å². The van der Waals surface area contributed by atoms with Gasteiger partial charge in [-0.3, -0.25) is 10.1 Å². The highest BCUT2D eigenvalue weighted by molar-refractivity contribution is 7.99. The van der Waals surface area contributed by atoms with Gasteiger partial charge in [-0.2, -0.15) is 5.26 Å². The van der Waals surface area contributed by atoms with Gasteiger partial charge in [0.1, 0.15) is 16.7 Å². The lowest BCUT2D eigenvalue weighted by Gasteiger charge is -2.03. The maximum atomic E-state index is 11.1. The van der Waals surface area contributed by atoms with Crippen molar-refractivity contribution in [1.29, 1.82) is 5.26 Å². The number of rotatable bonds is 4. The van der Waals surface area contributed by atoms with Gasteiger partial charge in [-0.25, -0.2) is 14.8 Å². The number of pyridine rings is 2. The van der Waals surface area contributed by atoms with E-state index in [4.69, 9.17) is 10.4 Å². The van der Waals surface area contributed by atoms with Crippen LogP contribution in [0.3, 0.4) is 0 Å². The molecule has 0 aliphatic carbocycles. The summed E-state index contributed by atoms with van der Waals surface area (Å²) < 4.78 is 0. The molecule has 9 heteroatoms. The Morgan fingerprint density at radius 1 is 1.38 bits per heavy atom. The largest absolute Gasteiger partial charge is 0.478 e.